The van der Waals surface area contributed by atoms with E-state index in [1.165, 1.54) is 31.5 Å². The number of pyridine rings is 1. The van der Waals surface area contributed by atoms with Gasteiger partial charge in [-0.2, -0.15) is 0 Å². The Bertz CT molecular complexity index is 1550. The zero-order valence-electron chi connectivity index (χ0n) is 17.8. The first-order valence-electron chi connectivity index (χ1n) is 9.93. The van der Waals surface area contributed by atoms with Crippen molar-refractivity contribution in [2.45, 2.75) is 16.7 Å². The Morgan fingerprint density at radius 2 is 1.61 bits per heavy atom. The van der Waals surface area contributed by atoms with Crippen LogP contribution in [0.2, 0.25) is 0 Å². The molecule has 0 aliphatic carbocycles. The van der Waals surface area contributed by atoms with Crippen LogP contribution in [0.1, 0.15) is 6.92 Å². The second-order valence-electron chi connectivity index (χ2n) is 7.28. The number of nitrogens with one attached hydrogen (secondary N) is 2. The summed E-state index contributed by atoms with van der Waals surface area (Å²) in [7, 11) is -7.15. The third-order valence-corrected chi connectivity index (χ3v) is 7.78. The molecule has 0 saturated carbocycles. The topological polar surface area (TPSA) is 131 Å². The van der Waals surface area contributed by atoms with Crippen LogP contribution >= 0.6 is 0 Å². The van der Waals surface area contributed by atoms with Crippen molar-refractivity contribution >= 4 is 53.6 Å². The summed E-state index contributed by atoms with van der Waals surface area (Å²) in [4.78, 5) is 12.6. The average Bonchev–Trinajstić information content (AvgIpc) is 2.78. The number of sulfone groups is 2. The summed E-state index contributed by atoms with van der Waals surface area (Å²) in [6.07, 6.45) is 4.10. The van der Waals surface area contributed by atoms with Gasteiger partial charge in [0.1, 0.15) is 18.0 Å². The van der Waals surface area contributed by atoms with E-state index in [9.17, 15) is 16.8 Å². The highest BCUT2D eigenvalue weighted by atomic mass is 32.2. The Kier molecular flexibility index (Phi) is 6.00. The number of hydrogen-bond donors (Lipinski definition) is 2. The van der Waals surface area contributed by atoms with Gasteiger partial charge in [0.15, 0.2) is 19.7 Å². The van der Waals surface area contributed by atoms with Crippen LogP contribution in [0.3, 0.4) is 0 Å². The molecule has 4 rings (SSSR count). The van der Waals surface area contributed by atoms with Crippen LogP contribution in [0.25, 0.3) is 10.9 Å². The summed E-state index contributed by atoms with van der Waals surface area (Å²) in [5, 5.41) is 7.07. The molecule has 2 heterocycles. The predicted molar refractivity (Wildman–Crippen MR) is 128 cm³/mol. The molecule has 0 spiro atoms. The van der Waals surface area contributed by atoms with Crippen molar-refractivity contribution < 1.29 is 16.8 Å². The van der Waals surface area contributed by atoms with Gasteiger partial charge in [0, 0.05) is 29.6 Å². The van der Waals surface area contributed by atoms with Crippen LogP contribution < -0.4 is 10.6 Å². The lowest BCUT2D eigenvalue weighted by Crippen LogP contribution is -2.08. The minimum absolute atomic E-state index is 0.0251. The first-order valence-corrected chi connectivity index (χ1v) is 13.5. The zero-order chi connectivity index (χ0) is 23.6. The van der Waals surface area contributed by atoms with Crippen molar-refractivity contribution in [3.8, 4) is 0 Å². The van der Waals surface area contributed by atoms with Crippen LogP contribution in [0, 0.1) is 0 Å². The van der Waals surface area contributed by atoms with Crippen molar-refractivity contribution in [1.29, 1.82) is 0 Å². The molecule has 4 aromatic rings. The van der Waals surface area contributed by atoms with Gasteiger partial charge in [-0.25, -0.2) is 26.8 Å². The van der Waals surface area contributed by atoms with E-state index in [1.54, 1.807) is 12.3 Å². The molecule has 0 bridgehead atoms. The van der Waals surface area contributed by atoms with Crippen molar-refractivity contribution in [1.82, 2.24) is 15.0 Å². The van der Waals surface area contributed by atoms with E-state index < -0.39 is 19.7 Å². The Morgan fingerprint density at radius 3 is 2.33 bits per heavy atom. The molecule has 2 aromatic carbocycles. The van der Waals surface area contributed by atoms with Gasteiger partial charge >= 0.3 is 0 Å². The third kappa shape index (κ3) is 5.10. The Hall–Kier alpha value is -3.57. The smallest absolute Gasteiger partial charge is 0.178 e. The maximum atomic E-state index is 12.3. The summed E-state index contributed by atoms with van der Waals surface area (Å²) in [6, 6.07) is 15.0. The molecule has 0 aliphatic rings. The van der Waals surface area contributed by atoms with Crippen molar-refractivity contribution in [2.24, 2.45) is 0 Å². The number of fused-ring (bicyclic) bond motifs is 1. The molecule has 2 aromatic heterocycles. The van der Waals surface area contributed by atoms with E-state index in [0.717, 1.165) is 22.8 Å². The highest BCUT2D eigenvalue weighted by molar-refractivity contribution is 7.91. The number of rotatable bonds is 7. The highest BCUT2D eigenvalue weighted by Gasteiger charge is 2.19. The van der Waals surface area contributed by atoms with Gasteiger partial charge in [-0.15, -0.1) is 0 Å². The summed E-state index contributed by atoms with van der Waals surface area (Å²) >= 11 is 0. The molecule has 33 heavy (non-hydrogen) atoms. The Labute approximate surface area is 191 Å². The Balaban J connectivity index is 1.67. The normalized spacial score (nSPS) is 11.9. The quantitative estimate of drug-likeness (QED) is 0.404. The molecule has 11 heteroatoms. The summed E-state index contributed by atoms with van der Waals surface area (Å²) < 4.78 is 49.1. The first-order chi connectivity index (χ1) is 15.7. The number of benzene rings is 2. The van der Waals surface area contributed by atoms with Gasteiger partial charge in [0.2, 0.25) is 0 Å². The molecule has 0 amide bonds. The van der Waals surface area contributed by atoms with Crippen molar-refractivity contribution in [2.75, 3.05) is 22.6 Å². The molecule has 0 saturated heterocycles. The lowest BCUT2D eigenvalue weighted by molar-refractivity contribution is 0.595. The first kappa shape index (κ1) is 22.6. The molecule has 0 fully saturated rings. The van der Waals surface area contributed by atoms with Crippen LogP contribution in [-0.2, 0) is 19.7 Å². The summed E-state index contributed by atoms with van der Waals surface area (Å²) in [6.45, 7) is 1.53. The van der Waals surface area contributed by atoms with E-state index >= 15 is 0 Å². The van der Waals surface area contributed by atoms with E-state index in [0.29, 0.717) is 11.6 Å². The van der Waals surface area contributed by atoms with E-state index in [2.05, 4.69) is 25.6 Å². The third-order valence-electron chi connectivity index (χ3n) is 4.89. The molecular weight excluding hydrogens is 462 g/mol. The predicted octanol–water partition coefficient (Wildman–Crippen LogP) is 3.71. The minimum atomic E-state index is -3.62. The zero-order valence-corrected chi connectivity index (χ0v) is 19.5. The molecule has 170 valence electrons. The van der Waals surface area contributed by atoms with Crippen LogP contribution in [-0.4, -0.2) is 43.8 Å². The molecule has 0 aliphatic heterocycles. The summed E-state index contributed by atoms with van der Waals surface area (Å²) in [5.41, 5.74) is 1.77. The van der Waals surface area contributed by atoms with E-state index in [4.69, 9.17) is 0 Å². The van der Waals surface area contributed by atoms with Gasteiger partial charge in [-0.3, -0.25) is 4.98 Å². The van der Waals surface area contributed by atoms with Crippen LogP contribution in [0.15, 0.2) is 76.9 Å². The van der Waals surface area contributed by atoms with Gasteiger partial charge < -0.3 is 10.6 Å². The minimum Gasteiger partial charge on any atom is -0.340 e. The number of nitrogens with zero attached hydrogens (tertiary/aromatic N) is 3. The molecule has 2 N–H and O–H groups in total. The van der Waals surface area contributed by atoms with Crippen molar-refractivity contribution in [3.63, 3.8) is 0 Å². The Morgan fingerprint density at radius 1 is 0.848 bits per heavy atom. The fourth-order valence-electron chi connectivity index (χ4n) is 3.22. The van der Waals surface area contributed by atoms with E-state index in [1.807, 2.05) is 30.3 Å². The molecule has 0 unspecified atom stereocenters. The second kappa shape index (κ2) is 8.75. The standard InChI is InChI=1S/C22H21N5O4S2/c1-3-33(30,31)17-7-9-20(32(2,28)29)19(12-17)27-22-13-21(24-14-25-22)26-16-6-8-18-15(11-16)5-4-10-23-18/h4-14H,3H2,1-2H3,(H2,24,25,26,27). The fourth-order valence-corrected chi connectivity index (χ4v) is 4.95. The summed E-state index contributed by atoms with van der Waals surface area (Å²) in [5.74, 6) is 0.660. The molecule has 9 nitrogen and oxygen atoms in total. The maximum absolute atomic E-state index is 12.3. The number of anilines is 4. The van der Waals surface area contributed by atoms with Gasteiger partial charge in [-0.05, 0) is 42.5 Å². The fraction of sp³-hybridized carbons (Fsp3) is 0.136. The molecular formula is C22H21N5O4S2. The van der Waals surface area contributed by atoms with Crippen molar-refractivity contribution in [3.05, 3.63) is 67.1 Å². The number of aromatic nitrogens is 3. The van der Waals surface area contributed by atoms with Gasteiger partial charge in [0.25, 0.3) is 0 Å². The van der Waals surface area contributed by atoms with Crippen LogP contribution in [0.5, 0.6) is 0 Å². The molecule has 0 radical (unpaired) electrons. The number of hydrogen-bond acceptors (Lipinski definition) is 9. The highest BCUT2D eigenvalue weighted by Crippen LogP contribution is 2.29. The van der Waals surface area contributed by atoms with E-state index in [-0.39, 0.29) is 21.2 Å². The monoisotopic (exact) mass is 483 g/mol. The maximum Gasteiger partial charge on any atom is 0.178 e. The van der Waals surface area contributed by atoms with Gasteiger partial charge in [0.05, 0.1) is 26.7 Å². The lowest BCUT2D eigenvalue weighted by Gasteiger charge is -2.13. The lowest BCUT2D eigenvalue weighted by atomic mass is 10.2. The molecule has 0 atom stereocenters. The SMILES string of the molecule is CCS(=O)(=O)c1ccc(S(C)(=O)=O)c(Nc2cc(Nc3ccc4ncccc4c3)ncn2)c1. The van der Waals surface area contributed by atoms with Gasteiger partial charge in [-0.1, -0.05) is 13.0 Å². The average molecular weight is 484 g/mol. The second-order valence-corrected chi connectivity index (χ2v) is 11.5. The van der Waals surface area contributed by atoms with Crippen LogP contribution in [0.4, 0.5) is 23.0 Å². The largest absolute Gasteiger partial charge is 0.340 e.